The molecule has 0 aromatic heterocycles. The maximum Gasteiger partial charge on any atom is 0.135 e. The predicted octanol–water partition coefficient (Wildman–Crippen LogP) is 11.8. The summed E-state index contributed by atoms with van der Waals surface area (Å²) in [4.78, 5) is 0. The highest BCUT2D eigenvalue weighted by molar-refractivity contribution is 6.08. The molecule has 1 heteroatoms. The number of hydrogen-bond donors (Lipinski definition) is 0. The van der Waals surface area contributed by atoms with Gasteiger partial charge in [0, 0.05) is 10.9 Å². The van der Waals surface area contributed by atoms with Gasteiger partial charge in [0.05, 0.1) is 5.41 Å². The van der Waals surface area contributed by atoms with Crippen molar-refractivity contribution in [1.29, 1.82) is 0 Å². The zero-order valence-corrected chi connectivity index (χ0v) is 25.1. The summed E-state index contributed by atoms with van der Waals surface area (Å²) in [6, 6.07) is 62.1. The second-order valence-corrected chi connectivity index (χ2v) is 12.4. The highest BCUT2D eigenvalue weighted by Crippen LogP contribution is 2.58. The molecule has 2 aliphatic rings. The summed E-state index contributed by atoms with van der Waals surface area (Å²) in [5.41, 5.74) is 12.0. The third-order valence-electron chi connectivity index (χ3n) is 10.1. The van der Waals surface area contributed by atoms with Crippen LogP contribution in [0.15, 0.2) is 170 Å². The molecular weight excluding hydrogens is 556 g/mol. The van der Waals surface area contributed by atoms with Crippen molar-refractivity contribution in [2.24, 2.45) is 0 Å². The third kappa shape index (κ3) is 3.35. The Labute approximate surface area is 268 Å². The van der Waals surface area contributed by atoms with E-state index < -0.39 is 5.41 Å². The molecule has 10 rings (SSSR count). The lowest BCUT2D eigenvalue weighted by atomic mass is 9.67. The molecule has 0 radical (unpaired) electrons. The van der Waals surface area contributed by atoms with Gasteiger partial charge >= 0.3 is 0 Å². The van der Waals surface area contributed by atoms with Crippen molar-refractivity contribution < 1.29 is 4.74 Å². The van der Waals surface area contributed by atoms with E-state index in [4.69, 9.17) is 4.74 Å². The van der Waals surface area contributed by atoms with Crippen LogP contribution < -0.4 is 4.74 Å². The van der Waals surface area contributed by atoms with Gasteiger partial charge in [0.15, 0.2) is 0 Å². The van der Waals surface area contributed by atoms with E-state index in [1.807, 2.05) is 0 Å². The molecule has 0 bridgehead atoms. The molecule has 0 amide bonds. The van der Waals surface area contributed by atoms with Crippen LogP contribution >= 0.6 is 0 Å². The molecule has 1 unspecified atom stereocenters. The van der Waals surface area contributed by atoms with Gasteiger partial charge < -0.3 is 4.74 Å². The molecule has 1 aliphatic carbocycles. The van der Waals surface area contributed by atoms with E-state index in [9.17, 15) is 0 Å². The van der Waals surface area contributed by atoms with Crippen LogP contribution in [-0.2, 0) is 5.41 Å². The van der Waals surface area contributed by atoms with Gasteiger partial charge in [-0.25, -0.2) is 0 Å². The quantitative estimate of drug-likeness (QED) is 0.201. The molecule has 0 saturated heterocycles. The van der Waals surface area contributed by atoms with Crippen LogP contribution in [0.25, 0.3) is 54.9 Å². The fourth-order valence-electron chi connectivity index (χ4n) is 8.30. The zero-order valence-electron chi connectivity index (χ0n) is 25.1. The topological polar surface area (TPSA) is 9.23 Å². The van der Waals surface area contributed by atoms with Crippen LogP contribution in [0.2, 0.25) is 0 Å². The van der Waals surface area contributed by atoms with E-state index in [1.165, 1.54) is 71.6 Å². The monoisotopic (exact) mass is 584 g/mol. The van der Waals surface area contributed by atoms with E-state index in [0.717, 1.165) is 17.1 Å². The van der Waals surface area contributed by atoms with Gasteiger partial charge in [0.1, 0.15) is 11.5 Å². The van der Waals surface area contributed by atoms with Gasteiger partial charge in [-0.15, -0.1) is 0 Å². The van der Waals surface area contributed by atoms with Crippen LogP contribution in [0.1, 0.15) is 22.3 Å². The Morgan fingerprint density at radius 1 is 0.391 bits per heavy atom. The van der Waals surface area contributed by atoms with Gasteiger partial charge in [-0.2, -0.15) is 0 Å². The van der Waals surface area contributed by atoms with Crippen LogP contribution in [0.5, 0.6) is 11.5 Å². The molecule has 0 saturated carbocycles. The van der Waals surface area contributed by atoms with E-state index in [0.29, 0.717) is 0 Å². The van der Waals surface area contributed by atoms with E-state index in [-0.39, 0.29) is 0 Å². The highest BCUT2D eigenvalue weighted by atomic mass is 16.5. The Morgan fingerprint density at radius 2 is 1.07 bits per heavy atom. The maximum absolute atomic E-state index is 6.56. The minimum absolute atomic E-state index is 0.481. The van der Waals surface area contributed by atoms with Crippen molar-refractivity contribution in [1.82, 2.24) is 0 Å². The van der Waals surface area contributed by atoms with E-state index in [2.05, 4.69) is 170 Å². The normalized spacial score (nSPS) is 15.7. The van der Waals surface area contributed by atoms with Crippen molar-refractivity contribution in [3.05, 3.63) is 192 Å². The Balaban J connectivity index is 1.28. The minimum Gasteiger partial charge on any atom is -0.456 e. The molecule has 1 aliphatic heterocycles. The lowest BCUT2D eigenvalue weighted by Gasteiger charge is -2.34. The van der Waals surface area contributed by atoms with Crippen LogP contribution in [-0.4, -0.2) is 0 Å². The zero-order chi connectivity index (χ0) is 30.2. The number of fused-ring (bicyclic) bond motifs is 7. The highest BCUT2D eigenvalue weighted by Gasteiger charge is 2.46. The van der Waals surface area contributed by atoms with Crippen molar-refractivity contribution in [2.75, 3.05) is 0 Å². The largest absolute Gasteiger partial charge is 0.456 e. The van der Waals surface area contributed by atoms with E-state index >= 15 is 0 Å². The first-order valence-corrected chi connectivity index (χ1v) is 15.9. The molecule has 0 N–H and O–H groups in total. The average Bonchev–Trinajstić information content (AvgIpc) is 3.44. The molecule has 8 aromatic rings. The van der Waals surface area contributed by atoms with Gasteiger partial charge in [0.25, 0.3) is 0 Å². The minimum atomic E-state index is -0.481. The standard InChI is InChI=1S/C45H28O/c1-2-16-32(17-3-1)45(38-23-7-6-20-36(38)43-34-19-5-4-12-29(34)26-27-39(43)45)33-18-8-15-31(28-33)35-21-11-25-41-44(35)37-22-9-13-30-14-10-24-40(46-41)42(30)37/h1-28H. The molecule has 8 aromatic carbocycles. The van der Waals surface area contributed by atoms with Gasteiger partial charge in [-0.1, -0.05) is 152 Å². The number of hydrogen-bond acceptors (Lipinski definition) is 1. The lowest BCUT2D eigenvalue weighted by Crippen LogP contribution is -2.28. The van der Waals surface area contributed by atoms with E-state index in [1.54, 1.807) is 0 Å². The first-order chi connectivity index (χ1) is 22.8. The smallest absolute Gasteiger partial charge is 0.135 e. The number of benzene rings is 8. The van der Waals surface area contributed by atoms with Gasteiger partial charge in [-0.3, -0.25) is 0 Å². The van der Waals surface area contributed by atoms with Crippen LogP contribution in [0, 0.1) is 0 Å². The van der Waals surface area contributed by atoms with Crippen molar-refractivity contribution in [3.8, 4) is 44.9 Å². The molecule has 1 heterocycles. The molecular formula is C45H28O. The SMILES string of the molecule is c1ccc(C2(c3cccc(-c4cccc5c4-c4cccc6cccc(c46)O5)c3)c3ccccc3-c3c2ccc2ccccc32)cc1. The molecule has 1 atom stereocenters. The van der Waals surface area contributed by atoms with Crippen LogP contribution in [0.4, 0.5) is 0 Å². The van der Waals surface area contributed by atoms with Gasteiger partial charge in [0.2, 0.25) is 0 Å². The summed E-state index contributed by atoms with van der Waals surface area (Å²) in [6.45, 7) is 0. The summed E-state index contributed by atoms with van der Waals surface area (Å²) in [6.07, 6.45) is 0. The fourth-order valence-corrected chi connectivity index (χ4v) is 8.30. The first-order valence-electron chi connectivity index (χ1n) is 15.9. The molecule has 0 fully saturated rings. The number of ether oxygens (including phenoxy) is 1. The second kappa shape index (κ2) is 9.54. The Kier molecular flexibility index (Phi) is 5.27. The summed E-state index contributed by atoms with van der Waals surface area (Å²) in [5, 5.41) is 4.92. The first kappa shape index (κ1) is 25.4. The fraction of sp³-hybridized carbons (Fsp3) is 0.0222. The van der Waals surface area contributed by atoms with Crippen molar-refractivity contribution >= 4 is 21.5 Å². The third-order valence-corrected chi connectivity index (χ3v) is 10.1. The average molecular weight is 585 g/mol. The predicted molar refractivity (Wildman–Crippen MR) is 190 cm³/mol. The molecule has 0 spiro atoms. The Hall–Kier alpha value is -5.92. The maximum atomic E-state index is 6.56. The summed E-state index contributed by atoms with van der Waals surface area (Å²) in [7, 11) is 0. The van der Waals surface area contributed by atoms with Crippen molar-refractivity contribution in [3.63, 3.8) is 0 Å². The lowest BCUT2D eigenvalue weighted by molar-refractivity contribution is 0.487. The van der Waals surface area contributed by atoms with Gasteiger partial charge in [-0.05, 0) is 84.4 Å². The summed E-state index contributed by atoms with van der Waals surface area (Å²) >= 11 is 0. The second-order valence-electron chi connectivity index (χ2n) is 12.4. The molecule has 1 nitrogen and oxygen atoms in total. The van der Waals surface area contributed by atoms with Crippen LogP contribution in [0.3, 0.4) is 0 Å². The van der Waals surface area contributed by atoms with Crippen molar-refractivity contribution in [2.45, 2.75) is 5.41 Å². The molecule has 214 valence electrons. The Morgan fingerprint density at radius 3 is 2.00 bits per heavy atom. The Bertz CT molecular complexity index is 2500. The summed E-state index contributed by atoms with van der Waals surface area (Å²) in [5.74, 6) is 1.82. The molecule has 46 heavy (non-hydrogen) atoms. The summed E-state index contributed by atoms with van der Waals surface area (Å²) < 4.78 is 6.56. The number of rotatable bonds is 3.